The van der Waals surface area contributed by atoms with Gasteiger partial charge < -0.3 is 9.84 Å². The van der Waals surface area contributed by atoms with Crippen molar-refractivity contribution < 1.29 is 9.53 Å². The number of nitrogens with one attached hydrogen (secondary N) is 2. The molecule has 7 heteroatoms. The van der Waals surface area contributed by atoms with E-state index in [-0.39, 0.29) is 16.8 Å². The molecular weight excluding hydrogens is 452 g/mol. The maximum Gasteiger partial charge on any atom is 0.268 e. The van der Waals surface area contributed by atoms with Crippen LogP contribution in [0.5, 0.6) is 5.75 Å². The van der Waals surface area contributed by atoms with Gasteiger partial charge in [-0.3, -0.25) is 19.6 Å². The number of nitrogens with zero attached hydrogens (tertiary/aromatic N) is 2. The number of allylic oxidation sites excluding steroid dienone is 2. The lowest BCUT2D eigenvalue weighted by molar-refractivity contribution is -0.118. The third kappa shape index (κ3) is 3.38. The summed E-state index contributed by atoms with van der Waals surface area (Å²) in [4.78, 5) is 34.2. The number of Topliss-reactive ketones (excluding diaryl/α,β-unsaturated/α-hetero) is 1. The molecular formula is C29H28N4O3. The number of benzene rings is 2. The van der Waals surface area contributed by atoms with Crippen LogP contribution in [-0.4, -0.2) is 28.1 Å². The van der Waals surface area contributed by atoms with Crippen LogP contribution in [-0.2, 0) is 4.79 Å². The number of hydrogen-bond acceptors (Lipinski definition) is 5. The van der Waals surface area contributed by atoms with Crippen molar-refractivity contribution >= 4 is 28.2 Å². The Hall–Kier alpha value is -4.13. The second-order valence-corrected chi connectivity index (χ2v) is 10.5. The Kier molecular flexibility index (Phi) is 4.93. The van der Waals surface area contributed by atoms with E-state index in [1.54, 1.807) is 7.11 Å². The molecule has 6 rings (SSSR count). The Bertz CT molecular complexity index is 1610. The fourth-order valence-electron chi connectivity index (χ4n) is 5.74. The average molecular weight is 481 g/mol. The van der Waals surface area contributed by atoms with E-state index >= 15 is 0 Å². The molecule has 0 saturated carbocycles. The minimum Gasteiger partial charge on any atom is -0.497 e. The number of pyridine rings is 1. The van der Waals surface area contributed by atoms with Gasteiger partial charge in [0, 0.05) is 40.0 Å². The number of ether oxygens (including phenoxy) is 1. The number of methoxy groups -OCH3 is 1. The van der Waals surface area contributed by atoms with E-state index in [0.717, 1.165) is 45.1 Å². The third-order valence-corrected chi connectivity index (χ3v) is 7.34. The molecule has 1 unspecified atom stereocenters. The number of H-pyrrole nitrogens is 2. The molecule has 7 nitrogen and oxygen atoms in total. The maximum atomic E-state index is 13.9. The molecule has 182 valence electrons. The van der Waals surface area contributed by atoms with E-state index in [9.17, 15) is 9.59 Å². The summed E-state index contributed by atoms with van der Waals surface area (Å²) in [6, 6.07) is 17.9. The summed E-state index contributed by atoms with van der Waals surface area (Å²) in [5.41, 5.74) is 5.07. The number of carbonyl (C=O) groups is 1. The van der Waals surface area contributed by atoms with Gasteiger partial charge in [0.15, 0.2) is 5.78 Å². The number of anilines is 2. The van der Waals surface area contributed by atoms with E-state index in [1.165, 1.54) is 0 Å². The minimum atomic E-state index is -0.500. The zero-order chi connectivity index (χ0) is 25.2. The Morgan fingerprint density at radius 3 is 2.47 bits per heavy atom. The summed E-state index contributed by atoms with van der Waals surface area (Å²) >= 11 is 0. The topological polar surface area (TPSA) is 91.1 Å². The number of aromatic amines is 2. The molecule has 0 amide bonds. The molecule has 1 aliphatic carbocycles. The number of carbonyl (C=O) groups excluding carboxylic acids is 1. The van der Waals surface area contributed by atoms with Crippen molar-refractivity contribution in [3.63, 3.8) is 0 Å². The van der Waals surface area contributed by atoms with E-state index in [1.807, 2.05) is 55.5 Å². The van der Waals surface area contributed by atoms with Gasteiger partial charge in [-0.2, -0.15) is 0 Å². The lowest BCUT2D eigenvalue weighted by atomic mass is 9.68. The smallest absolute Gasteiger partial charge is 0.268 e. The van der Waals surface area contributed by atoms with Gasteiger partial charge in [-0.1, -0.05) is 32.0 Å². The summed E-state index contributed by atoms with van der Waals surface area (Å²) < 4.78 is 5.39. The van der Waals surface area contributed by atoms with Crippen LogP contribution >= 0.6 is 0 Å². The lowest BCUT2D eigenvalue weighted by Gasteiger charge is -2.44. The molecule has 2 N–H and O–H groups in total. The highest BCUT2D eigenvalue weighted by molar-refractivity contribution is 6.03. The molecule has 4 aromatic rings. The fraction of sp³-hybridized carbons (Fsp3) is 0.276. The van der Waals surface area contributed by atoms with Crippen molar-refractivity contribution in [3.05, 3.63) is 93.0 Å². The molecule has 2 aromatic carbocycles. The first kappa shape index (κ1) is 22.3. The normalized spacial score (nSPS) is 18.8. The van der Waals surface area contributed by atoms with E-state index in [4.69, 9.17) is 9.72 Å². The maximum absolute atomic E-state index is 13.9. The van der Waals surface area contributed by atoms with Crippen LogP contribution in [0.3, 0.4) is 0 Å². The van der Waals surface area contributed by atoms with Gasteiger partial charge in [0.25, 0.3) is 5.56 Å². The molecule has 0 fully saturated rings. The van der Waals surface area contributed by atoms with E-state index in [2.05, 4.69) is 35.0 Å². The highest BCUT2D eigenvalue weighted by Crippen LogP contribution is 2.53. The Balaban J connectivity index is 1.72. The first-order valence-corrected chi connectivity index (χ1v) is 12.1. The number of ketones is 1. The quantitative estimate of drug-likeness (QED) is 0.404. The van der Waals surface area contributed by atoms with Crippen molar-refractivity contribution in [2.45, 2.75) is 39.5 Å². The number of fused-ring (bicyclic) bond motifs is 2. The van der Waals surface area contributed by atoms with Gasteiger partial charge in [-0.15, -0.1) is 0 Å². The Labute approximate surface area is 208 Å². The fourth-order valence-corrected chi connectivity index (χ4v) is 5.74. The largest absolute Gasteiger partial charge is 0.497 e. The summed E-state index contributed by atoms with van der Waals surface area (Å²) in [5.74, 6) is 1.07. The van der Waals surface area contributed by atoms with Gasteiger partial charge in [0.05, 0.1) is 24.1 Å². The van der Waals surface area contributed by atoms with Crippen LogP contribution in [0.1, 0.15) is 49.4 Å². The summed E-state index contributed by atoms with van der Waals surface area (Å²) in [7, 11) is 1.64. The second-order valence-electron chi connectivity index (χ2n) is 10.5. The average Bonchev–Trinajstić information content (AvgIpc) is 3.18. The minimum absolute atomic E-state index is 0.0728. The number of aryl methyl sites for hydroxylation is 1. The van der Waals surface area contributed by atoms with Crippen LogP contribution in [0, 0.1) is 12.3 Å². The van der Waals surface area contributed by atoms with Gasteiger partial charge in [0.2, 0.25) is 0 Å². The van der Waals surface area contributed by atoms with E-state index < -0.39 is 5.92 Å². The molecule has 0 saturated heterocycles. The molecule has 2 aliphatic rings. The van der Waals surface area contributed by atoms with Crippen LogP contribution in [0.25, 0.3) is 10.9 Å². The highest BCUT2D eigenvalue weighted by atomic mass is 16.5. The van der Waals surface area contributed by atoms with Gasteiger partial charge >= 0.3 is 0 Å². The zero-order valence-corrected chi connectivity index (χ0v) is 20.8. The second kappa shape index (κ2) is 7.95. The third-order valence-electron chi connectivity index (χ3n) is 7.34. The zero-order valence-electron chi connectivity index (χ0n) is 20.8. The standard InChI is InChI=1S/C29H28N4O3/c1-16-24(28(35)32-31-16)25-20-13-17-7-5-6-8-21(17)30-27(20)33(18-9-11-19(36-4)12-10-18)22-14-29(2,3)15-23(34)26(22)25/h5-13,25H,14-15H2,1-4H3,(H2,31,32,35). The number of rotatable bonds is 3. The van der Waals surface area contributed by atoms with Crippen molar-refractivity contribution in [3.8, 4) is 5.75 Å². The molecule has 0 spiro atoms. The monoisotopic (exact) mass is 480 g/mol. The molecule has 0 radical (unpaired) electrons. The number of para-hydroxylation sites is 1. The van der Waals surface area contributed by atoms with Gasteiger partial charge in [0.1, 0.15) is 11.6 Å². The van der Waals surface area contributed by atoms with Crippen LogP contribution in [0.2, 0.25) is 0 Å². The molecule has 2 aromatic heterocycles. The van der Waals surface area contributed by atoms with Crippen LogP contribution in [0.4, 0.5) is 11.5 Å². The van der Waals surface area contributed by atoms with Crippen molar-refractivity contribution in [2.75, 3.05) is 12.0 Å². The van der Waals surface area contributed by atoms with Crippen molar-refractivity contribution in [1.82, 2.24) is 15.2 Å². The Morgan fingerprint density at radius 2 is 1.78 bits per heavy atom. The van der Waals surface area contributed by atoms with Gasteiger partial charge in [-0.25, -0.2) is 4.98 Å². The van der Waals surface area contributed by atoms with Crippen molar-refractivity contribution in [2.24, 2.45) is 5.41 Å². The predicted molar refractivity (Wildman–Crippen MR) is 140 cm³/mol. The highest BCUT2D eigenvalue weighted by Gasteiger charge is 2.45. The molecule has 3 heterocycles. The molecule has 1 atom stereocenters. The Morgan fingerprint density at radius 1 is 1.03 bits per heavy atom. The van der Waals surface area contributed by atoms with Crippen molar-refractivity contribution in [1.29, 1.82) is 0 Å². The first-order valence-electron chi connectivity index (χ1n) is 12.1. The van der Waals surface area contributed by atoms with Crippen LogP contribution < -0.4 is 15.2 Å². The molecule has 0 bridgehead atoms. The number of aromatic nitrogens is 3. The predicted octanol–water partition coefficient (Wildman–Crippen LogP) is 5.50. The SMILES string of the molecule is COc1ccc(N2C3=C(C(=O)CC(C)(C)C3)C(c3c(C)[nH][nH]c3=O)c3cc4ccccc4nc32)cc1. The van der Waals surface area contributed by atoms with Gasteiger partial charge in [-0.05, 0) is 55.2 Å². The number of hydrogen-bond donors (Lipinski definition) is 2. The summed E-state index contributed by atoms with van der Waals surface area (Å²) in [5, 5.41) is 6.65. The van der Waals surface area contributed by atoms with Crippen LogP contribution in [0.15, 0.2) is 70.7 Å². The van der Waals surface area contributed by atoms with E-state index in [0.29, 0.717) is 24.0 Å². The first-order chi connectivity index (χ1) is 17.3. The molecule has 36 heavy (non-hydrogen) atoms. The summed E-state index contributed by atoms with van der Waals surface area (Å²) in [6.07, 6.45) is 1.11. The molecule has 1 aliphatic heterocycles. The lowest BCUT2D eigenvalue weighted by Crippen LogP contribution is -2.39. The summed E-state index contributed by atoms with van der Waals surface area (Å²) in [6.45, 7) is 6.11.